The van der Waals surface area contributed by atoms with Gasteiger partial charge < -0.3 is 30.8 Å². The highest BCUT2D eigenvalue weighted by atomic mass is 35.5. The average Bonchev–Trinajstić information content (AvgIpc) is 3.70. The molecule has 0 radical (unpaired) electrons. The van der Waals surface area contributed by atoms with E-state index in [1.54, 1.807) is 24.3 Å². The number of anilines is 2. The fraction of sp³-hybridized carbons (Fsp3) is 0.200. The number of carboxylic acid groups (broad SMARTS) is 2. The zero-order valence-corrected chi connectivity index (χ0v) is 26.3. The van der Waals surface area contributed by atoms with Gasteiger partial charge in [0.15, 0.2) is 0 Å². The first-order valence-corrected chi connectivity index (χ1v) is 15.0. The number of amides is 2. The van der Waals surface area contributed by atoms with E-state index in [-0.39, 0.29) is 24.7 Å². The van der Waals surface area contributed by atoms with Crippen molar-refractivity contribution in [3.63, 3.8) is 0 Å². The lowest BCUT2D eigenvalue weighted by molar-refractivity contribution is -0.138. The largest absolute Gasteiger partial charge is 0.481 e. The Morgan fingerprint density at radius 2 is 1.39 bits per heavy atom. The number of carbonyl (C=O) groups excluding carboxylic acids is 2. The minimum absolute atomic E-state index is 0.0778. The highest BCUT2D eigenvalue weighted by Crippen LogP contribution is 2.36. The highest BCUT2D eigenvalue weighted by molar-refractivity contribution is 6.37. The highest BCUT2D eigenvalue weighted by Gasteiger charge is 2.26. The number of aromatic amines is 2. The van der Waals surface area contributed by atoms with Gasteiger partial charge in [0.05, 0.1) is 11.1 Å². The van der Waals surface area contributed by atoms with Crippen LogP contribution in [-0.4, -0.2) is 43.9 Å². The maximum atomic E-state index is 12.3. The molecule has 0 unspecified atom stereocenters. The van der Waals surface area contributed by atoms with Gasteiger partial charge in [-0.1, -0.05) is 29.8 Å². The molecular formula is C35H33ClN4O6. The number of benzene rings is 2. The predicted molar refractivity (Wildman–Crippen MR) is 179 cm³/mol. The molecule has 2 aromatic carbocycles. The van der Waals surface area contributed by atoms with Gasteiger partial charge in [-0.05, 0) is 92.3 Å². The molecule has 2 aromatic heterocycles. The fourth-order valence-electron chi connectivity index (χ4n) is 5.65. The molecule has 0 bridgehead atoms. The van der Waals surface area contributed by atoms with E-state index in [9.17, 15) is 19.2 Å². The molecule has 0 saturated carbocycles. The third kappa shape index (κ3) is 6.82. The van der Waals surface area contributed by atoms with Gasteiger partial charge in [0, 0.05) is 63.6 Å². The van der Waals surface area contributed by atoms with Crippen LogP contribution in [0.4, 0.5) is 11.4 Å². The van der Waals surface area contributed by atoms with Crippen molar-refractivity contribution in [2.24, 2.45) is 0 Å². The second-order valence-electron chi connectivity index (χ2n) is 11.2. The number of aryl methyl sites for hydroxylation is 2. The summed E-state index contributed by atoms with van der Waals surface area (Å²) in [5, 5.41) is 23.9. The summed E-state index contributed by atoms with van der Waals surface area (Å²) in [6.45, 7) is 5.77. The van der Waals surface area contributed by atoms with Crippen molar-refractivity contribution in [3.8, 4) is 0 Å². The predicted octanol–water partition coefficient (Wildman–Crippen LogP) is 6.63. The number of aromatic nitrogens is 2. The molecule has 11 heteroatoms. The number of aliphatic carboxylic acids is 2. The second kappa shape index (κ2) is 13.3. The Hall–Kier alpha value is -5.35. The van der Waals surface area contributed by atoms with Gasteiger partial charge in [-0.2, -0.15) is 0 Å². The van der Waals surface area contributed by atoms with Crippen LogP contribution in [-0.2, 0) is 32.0 Å². The Balaban J connectivity index is 0.000000182. The number of fused-ring (bicyclic) bond motifs is 2. The molecule has 236 valence electrons. The van der Waals surface area contributed by atoms with E-state index in [1.807, 2.05) is 57.3 Å². The van der Waals surface area contributed by atoms with Crippen molar-refractivity contribution in [1.29, 1.82) is 0 Å². The number of rotatable bonds is 8. The summed E-state index contributed by atoms with van der Waals surface area (Å²) in [6, 6.07) is 12.8. The molecule has 0 fully saturated rings. The van der Waals surface area contributed by atoms with Gasteiger partial charge in [-0.25, -0.2) is 0 Å². The molecule has 4 aromatic rings. The zero-order chi connectivity index (χ0) is 33.1. The van der Waals surface area contributed by atoms with Crippen LogP contribution in [0.3, 0.4) is 0 Å². The van der Waals surface area contributed by atoms with Crippen LogP contribution in [0.1, 0.15) is 63.3 Å². The second-order valence-corrected chi connectivity index (χ2v) is 11.6. The van der Waals surface area contributed by atoms with Gasteiger partial charge in [-0.15, -0.1) is 0 Å². The van der Waals surface area contributed by atoms with Gasteiger partial charge >= 0.3 is 11.9 Å². The van der Waals surface area contributed by atoms with E-state index in [2.05, 4.69) is 20.6 Å². The number of para-hydroxylation sites is 1. The van der Waals surface area contributed by atoms with E-state index in [0.717, 1.165) is 61.8 Å². The average molecular weight is 641 g/mol. The quantitative estimate of drug-likeness (QED) is 0.118. The number of carbonyl (C=O) groups is 4. The summed E-state index contributed by atoms with van der Waals surface area (Å²) in [4.78, 5) is 52.2. The first kappa shape index (κ1) is 32.1. The van der Waals surface area contributed by atoms with Crippen molar-refractivity contribution in [2.75, 3.05) is 10.6 Å². The number of carboxylic acids is 2. The normalized spacial score (nSPS) is 14.9. The molecule has 0 aliphatic carbocycles. The molecule has 0 saturated heterocycles. The van der Waals surface area contributed by atoms with Gasteiger partial charge in [0.2, 0.25) is 0 Å². The molecular weight excluding hydrogens is 608 g/mol. The summed E-state index contributed by atoms with van der Waals surface area (Å²) >= 11 is 6.04. The van der Waals surface area contributed by atoms with Crippen LogP contribution in [0, 0.1) is 20.8 Å². The van der Waals surface area contributed by atoms with E-state index in [4.69, 9.17) is 21.8 Å². The van der Waals surface area contributed by atoms with Crippen LogP contribution in [0.25, 0.3) is 23.3 Å². The number of hydrogen-bond acceptors (Lipinski definition) is 4. The minimum Gasteiger partial charge on any atom is -0.481 e. The Morgan fingerprint density at radius 1 is 0.783 bits per heavy atom. The van der Waals surface area contributed by atoms with Crippen molar-refractivity contribution >= 4 is 70.0 Å². The Bertz CT molecular complexity index is 1950. The fourth-order valence-corrected chi connectivity index (χ4v) is 5.82. The van der Waals surface area contributed by atoms with Gasteiger partial charge in [0.25, 0.3) is 11.8 Å². The lowest BCUT2D eigenvalue weighted by Gasteiger charge is -2.01. The van der Waals surface area contributed by atoms with Crippen molar-refractivity contribution in [2.45, 2.75) is 46.5 Å². The summed E-state index contributed by atoms with van der Waals surface area (Å²) < 4.78 is 0. The molecule has 2 aliphatic rings. The third-order valence-corrected chi connectivity index (χ3v) is 8.40. The molecule has 2 aliphatic heterocycles. The maximum Gasteiger partial charge on any atom is 0.303 e. The minimum atomic E-state index is -0.825. The molecule has 6 rings (SSSR count). The van der Waals surface area contributed by atoms with E-state index in [0.29, 0.717) is 29.0 Å². The summed E-state index contributed by atoms with van der Waals surface area (Å²) in [5.74, 6) is -1.94. The third-order valence-electron chi connectivity index (χ3n) is 8.17. The SMILES string of the molecule is Cc1[nH]c(C=C2C(=O)Nc3ccc(Cl)cc32)c(C)c1CCC(=O)O.Cc1c(CCC(=O)O)c[nH]c1C=C1C(=O)Nc2ccccc21. The van der Waals surface area contributed by atoms with Crippen LogP contribution in [0.2, 0.25) is 5.02 Å². The molecule has 10 nitrogen and oxygen atoms in total. The molecule has 2 amide bonds. The molecule has 0 atom stereocenters. The zero-order valence-electron chi connectivity index (χ0n) is 25.5. The molecule has 6 N–H and O–H groups in total. The van der Waals surface area contributed by atoms with Crippen molar-refractivity contribution in [3.05, 3.63) is 104 Å². The van der Waals surface area contributed by atoms with Crippen LogP contribution < -0.4 is 10.6 Å². The Morgan fingerprint density at radius 3 is 2.09 bits per heavy atom. The number of nitrogens with one attached hydrogen (secondary N) is 4. The van der Waals surface area contributed by atoms with Crippen LogP contribution in [0.15, 0.2) is 48.7 Å². The lowest BCUT2D eigenvalue weighted by atomic mass is 10.0. The maximum absolute atomic E-state index is 12.3. The van der Waals surface area contributed by atoms with Gasteiger partial charge in [-0.3, -0.25) is 19.2 Å². The van der Waals surface area contributed by atoms with E-state index < -0.39 is 11.9 Å². The van der Waals surface area contributed by atoms with Crippen LogP contribution in [0.5, 0.6) is 0 Å². The number of halogens is 1. The smallest absolute Gasteiger partial charge is 0.303 e. The summed E-state index contributed by atoms with van der Waals surface area (Å²) in [7, 11) is 0. The van der Waals surface area contributed by atoms with Crippen molar-refractivity contribution < 1.29 is 29.4 Å². The standard InChI is InChI=1S/C18H17ClN2O3.C17H16N2O3/c1-9-12(4-6-17(22)23)10(2)20-16(9)8-14-13-7-11(19)3-5-15(13)21-18(14)24;1-10-11(6-7-16(20)21)9-18-15(10)8-13-12-4-2-3-5-14(12)19-17(13)22/h3,5,7-8,20H,4,6H2,1-2H3,(H,21,24)(H,22,23);2-5,8-9,18H,6-7H2,1H3,(H,19,22)(H,20,21). The topological polar surface area (TPSA) is 164 Å². The number of hydrogen-bond donors (Lipinski definition) is 6. The molecule has 4 heterocycles. The first-order chi connectivity index (χ1) is 21.9. The van der Waals surface area contributed by atoms with Gasteiger partial charge in [0.1, 0.15) is 0 Å². The van der Waals surface area contributed by atoms with E-state index >= 15 is 0 Å². The molecule has 46 heavy (non-hydrogen) atoms. The number of H-pyrrole nitrogens is 2. The lowest BCUT2D eigenvalue weighted by Crippen LogP contribution is -2.03. The van der Waals surface area contributed by atoms with Crippen molar-refractivity contribution in [1.82, 2.24) is 9.97 Å². The Kier molecular flexibility index (Phi) is 9.29. The molecule has 0 spiro atoms. The Labute approximate surface area is 270 Å². The first-order valence-electron chi connectivity index (χ1n) is 14.7. The van der Waals surface area contributed by atoms with Crippen LogP contribution >= 0.6 is 11.6 Å². The summed E-state index contributed by atoms with van der Waals surface area (Å²) in [5.41, 5.74) is 10.8. The monoisotopic (exact) mass is 640 g/mol. The van der Waals surface area contributed by atoms with E-state index in [1.165, 1.54) is 0 Å². The summed E-state index contributed by atoms with van der Waals surface area (Å²) in [6.07, 6.45) is 6.53.